The molecule has 0 aromatic carbocycles. The maximum atomic E-state index is 12.0. The monoisotopic (exact) mass is 516 g/mol. The molecule has 0 aromatic rings. The summed E-state index contributed by atoms with van der Waals surface area (Å²) in [5.74, 6) is 0.765. The molecule has 11 atom stereocenters. The molecule has 4 saturated carbocycles. The third-order valence-corrected chi connectivity index (χ3v) is 13.4. The molecule has 5 aliphatic carbocycles. The number of carbonyl (C=O) groups excluding carboxylic acids is 1. The van der Waals surface area contributed by atoms with Crippen LogP contribution in [0.15, 0.2) is 11.6 Å². The maximum absolute atomic E-state index is 12.0. The van der Waals surface area contributed by atoms with Gasteiger partial charge in [-0.15, -0.1) is 0 Å². The van der Waals surface area contributed by atoms with Crippen molar-refractivity contribution >= 4 is 5.97 Å². The van der Waals surface area contributed by atoms with Gasteiger partial charge in [-0.1, -0.05) is 60.1 Å². The van der Waals surface area contributed by atoms with Crippen LogP contribution in [0.25, 0.3) is 0 Å². The van der Waals surface area contributed by atoms with Gasteiger partial charge in [0.1, 0.15) is 0 Å². The van der Waals surface area contributed by atoms with Gasteiger partial charge in [0, 0.05) is 24.2 Å². The third-order valence-electron chi connectivity index (χ3n) is 13.4. The lowest BCUT2D eigenvalue weighted by molar-refractivity contribution is -0.215. The predicted molar refractivity (Wildman–Crippen MR) is 144 cm³/mol. The zero-order chi connectivity index (χ0) is 27.3. The number of hydrogen-bond acceptors (Lipinski definition) is 5. The Balaban J connectivity index is 1.61. The fourth-order valence-corrected chi connectivity index (χ4v) is 11.4. The average molecular weight is 517 g/mol. The number of carbonyl (C=O) groups is 1. The Morgan fingerprint density at radius 3 is 2.30 bits per heavy atom. The van der Waals surface area contributed by atoms with Crippen molar-refractivity contribution in [2.24, 2.45) is 56.7 Å². The number of hydrogen-bond donors (Lipinski definition) is 3. The van der Waals surface area contributed by atoms with Gasteiger partial charge in [0.15, 0.2) is 0 Å². The lowest BCUT2D eigenvalue weighted by Crippen LogP contribution is -2.66. The number of aliphatic hydroxyl groups is 3. The average Bonchev–Trinajstić information content (AvgIpc) is 3.11. The Labute approximate surface area is 224 Å². The molecular weight excluding hydrogens is 464 g/mol. The van der Waals surface area contributed by atoms with E-state index in [9.17, 15) is 20.1 Å². The smallest absolute Gasteiger partial charge is 0.302 e. The summed E-state index contributed by atoms with van der Waals surface area (Å²) in [7, 11) is 0. The van der Waals surface area contributed by atoms with Crippen LogP contribution in [0.1, 0.15) is 100 Å². The van der Waals surface area contributed by atoms with Crippen molar-refractivity contribution in [2.75, 3.05) is 6.61 Å². The summed E-state index contributed by atoms with van der Waals surface area (Å²) >= 11 is 0. The van der Waals surface area contributed by atoms with E-state index >= 15 is 0 Å². The van der Waals surface area contributed by atoms with Crippen molar-refractivity contribution in [3.05, 3.63) is 11.6 Å². The van der Waals surface area contributed by atoms with Gasteiger partial charge >= 0.3 is 5.97 Å². The molecule has 5 aliphatic rings. The highest BCUT2D eigenvalue weighted by Crippen LogP contribution is 2.76. The van der Waals surface area contributed by atoms with Crippen LogP contribution < -0.4 is 0 Å². The molecule has 5 heteroatoms. The first-order chi connectivity index (χ1) is 17.1. The van der Waals surface area contributed by atoms with Crippen LogP contribution >= 0.6 is 0 Å². The van der Waals surface area contributed by atoms with E-state index in [2.05, 4.69) is 54.5 Å². The van der Waals surface area contributed by atoms with Gasteiger partial charge in [0.25, 0.3) is 0 Å². The highest BCUT2D eigenvalue weighted by molar-refractivity contribution is 5.66. The van der Waals surface area contributed by atoms with Crippen molar-refractivity contribution < 1.29 is 24.9 Å². The molecule has 0 heterocycles. The minimum Gasteiger partial charge on any atom is -0.465 e. The van der Waals surface area contributed by atoms with Gasteiger partial charge in [0.2, 0.25) is 0 Å². The molecule has 5 rings (SSSR count). The lowest BCUT2D eigenvalue weighted by atomic mass is 9.35. The van der Waals surface area contributed by atoms with E-state index in [1.807, 2.05) is 0 Å². The van der Waals surface area contributed by atoms with Crippen LogP contribution in [0.4, 0.5) is 0 Å². The Bertz CT molecular complexity index is 970. The molecule has 0 amide bonds. The van der Waals surface area contributed by atoms with E-state index in [-0.39, 0.29) is 56.9 Å². The number of esters is 1. The zero-order valence-corrected chi connectivity index (χ0v) is 24.5. The first kappa shape index (κ1) is 27.6. The number of allylic oxidation sites excluding steroid dienone is 1. The van der Waals surface area contributed by atoms with Crippen LogP contribution in [0.3, 0.4) is 0 Å². The molecule has 0 spiro atoms. The summed E-state index contributed by atoms with van der Waals surface area (Å²) in [5.41, 5.74) is 0.536. The third kappa shape index (κ3) is 3.48. The summed E-state index contributed by atoms with van der Waals surface area (Å²) < 4.78 is 5.78. The van der Waals surface area contributed by atoms with Crippen molar-refractivity contribution in [3.63, 3.8) is 0 Å². The molecule has 0 aliphatic heterocycles. The number of rotatable bonds is 3. The number of ether oxygens (including phenoxy) is 1. The molecule has 0 saturated heterocycles. The molecule has 0 bridgehead atoms. The van der Waals surface area contributed by atoms with Crippen molar-refractivity contribution in [2.45, 2.75) is 119 Å². The lowest BCUT2D eigenvalue weighted by Gasteiger charge is -2.70. The molecule has 3 N–H and O–H groups in total. The van der Waals surface area contributed by atoms with Crippen LogP contribution in [-0.2, 0) is 9.53 Å². The van der Waals surface area contributed by atoms with Crippen LogP contribution in [0, 0.1) is 56.7 Å². The van der Waals surface area contributed by atoms with Crippen LogP contribution in [-0.4, -0.2) is 46.2 Å². The van der Waals surface area contributed by atoms with E-state index in [0.717, 1.165) is 38.5 Å². The summed E-state index contributed by atoms with van der Waals surface area (Å²) in [6.07, 6.45) is 7.21. The van der Waals surface area contributed by atoms with E-state index < -0.39 is 12.2 Å². The fourth-order valence-electron chi connectivity index (χ4n) is 11.4. The van der Waals surface area contributed by atoms with E-state index in [1.165, 1.54) is 12.5 Å². The second-order valence-electron chi connectivity index (χ2n) is 15.5. The fraction of sp³-hybridized carbons (Fsp3) is 0.906. The second kappa shape index (κ2) is 8.54. The van der Waals surface area contributed by atoms with Gasteiger partial charge < -0.3 is 20.1 Å². The molecule has 37 heavy (non-hydrogen) atoms. The van der Waals surface area contributed by atoms with Crippen molar-refractivity contribution in [1.29, 1.82) is 0 Å². The van der Waals surface area contributed by atoms with Gasteiger partial charge in [-0.05, 0) is 84.4 Å². The molecule has 0 radical (unpaired) electrons. The molecule has 0 aromatic heterocycles. The molecular formula is C32H52O5. The topological polar surface area (TPSA) is 87.0 Å². The molecule has 2 unspecified atom stereocenters. The Morgan fingerprint density at radius 1 is 1.00 bits per heavy atom. The zero-order valence-electron chi connectivity index (χ0n) is 24.5. The van der Waals surface area contributed by atoms with E-state index in [0.29, 0.717) is 24.9 Å². The van der Waals surface area contributed by atoms with E-state index in [1.54, 1.807) is 0 Å². The van der Waals surface area contributed by atoms with Gasteiger partial charge in [-0.25, -0.2) is 0 Å². The highest BCUT2D eigenvalue weighted by Gasteiger charge is 2.72. The quantitative estimate of drug-likeness (QED) is 0.340. The Morgan fingerprint density at radius 2 is 1.68 bits per heavy atom. The van der Waals surface area contributed by atoms with Crippen molar-refractivity contribution in [1.82, 2.24) is 0 Å². The molecule has 5 nitrogen and oxygen atoms in total. The highest BCUT2D eigenvalue weighted by atomic mass is 16.5. The Kier molecular flexibility index (Phi) is 6.38. The summed E-state index contributed by atoms with van der Waals surface area (Å²) in [4.78, 5) is 12.0. The summed E-state index contributed by atoms with van der Waals surface area (Å²) in [5, 5.41) is 34.6. The normalized spacial score (nSPS) is 52.4. The first-order valence-electron chi connectivity index (χ1n) is 14.9. The van der Waals surface area contributed by atoms with Gasteiger partial charge in [-0.3, -0.25) is 4.79 Å². The first-order valence-corrected chi connectivity index (χ1v) is 14.9. The van der Waals surface area contributed by atoms with Crippen molar-refractivity contribution in [3.8, 4) is 0 Å². The largest absolute Gasteiger partial charge is 0.465 e. The molecule has 4 fully saturated rings. The second-order valence-corrected chi connectivity index (χ2v) is 15.5. The Hall–Kier alpha value is -0.910. The minimum atomic E-state index is -0.459. The van der Waals surface area contributed by atoms with Gasteiger partial charge in [-0.2, -0.15) is 0 Å². The standard InChI is InChI=1S/C32H52O5/c1-18(2)21-15-23(35)27-31(8)12-9-20-26(30(31,7)13-14-32(21,27)17-37-19(3)33)22(34)16-24-28(4,5)25(36)10-11-29(20,24)6/h9,18,21-27,34-36H,10-17H2,1-8H3/t21-,22-,23+,24?,25-,26-,27?,29+,30-,31+,32+/m0/s1. The maximum Gasteiger partial charge on any atom is 0.302 e. The molecule has 210 valence electrons. The summed E-state index contributed by atoms with van der Waals surface area (Å²) in [6.45, 7) is 17.9. The summed E-state index contributed by atoms with van der Waals surface area (Å²) in [6, 6.07) is 0. The minimum absolute atomic E-state index is 0.0191. The number of fused-ring (bicyclic) bond motifs is 7. The SMILES string of the molecule is CC(=O)OC[C@@]12CC[C@@]3(C)[C@H]4C(=CC[C@]3(C)C1[C@H](O)C[C@H]2C(C)C)[C@@]1(C)CC[C@H](O)C(C)(C)C1C[C@@H]4O. The van der Waals surface area contributed by atoms with Gasteiger partial charge in [0.05, 0.1) is 24.9 Å². The van der Waals surface area contributed by atoms with Crippen LogP contribution in [0.2, 0.25) is 0 Å². The predicted octanol–water partition coefficient (Wildman–Crippen LogP) is 5.51. The number of aliphatic hydroxyl groups excluding tert-OH is 3. The van der Waals surface area contributed by atoms with E-state index in [4.69, 9.17) is 4.74 Å². The van der Waals surface area contributed by atoms with Crippen LogP contribution in [0.5, 0.6) is 0 Å².